The fraction of sp³-hybridized carbons (Fsp3) is 0.217. The van der Waals surface area contributed by atoms with Gasteiger partial charge in [0.2, 0.25) is 0 Å². The van der Waals surface area contributed by atoms with E-state index in [-0.39, 0.29) is 12.1 Å². The molecule has 0 aliphatic carbocycles. The largest absolute Gasteiger partial charge is 0.760 e. The molecule has 8 nitrogen and oxygen atoms in total. The highest BCUT2D eigenvalue weighted by atomic mass is 32.2. The van der Waals surface area contributed by atoms with Crippen molar-refractivity contribution in [2.75, 3.05) is 13.2 Å². The summed E-state index contributed by atoms with van der Waals surface area (Å²) in [6.07, 6.45) is 2.15. The second kappa shape index (κ2) is 10.7. The van der Waals surface area contributed by atoms with E-state index >= 15 is 0 Å². The number of benzene rings is 2. The summed E-state index contributed by atoms with van der Waals surface area (Å²) in [4.78, 5) is 12.2. The van der Waals surface area contributed by atoms with Crippen LogP contribution in [0.15, 0.2) is 59.5 Å². The monoisotopic (exact) mass is 452 g/mol. The van der Waals surface area contributed by atoms with Crippen molar-refractivity contribution >= 4 is 11.3 Å². The molecule has 9 heteroatoms. The minimum atomic E-state index is -2.33. The molecule has 0 amide bonds. The zero-order chi connectivity index (χ0) is 23.1. The minimum absolute atomic E-state index is 0.204. The van der Waals surface area contributed by atoms with Crippen molar-refractivity contribution in [3.05, 3.63) is 76.2 Å². The number of rotatable bonds is 9. The number of nitrogens with zero attached hydrogens (tertiary/aromatic N) is 2. The lowest BCUT2D eigenvalue weighted by Crippen LogP contribution is -2.19. The Morgan fingerprint density at radius 2 is 1.88 bits per heavy atom. The highest BCUT2D eigenvalue weighted by molar-refractivity contribution is 7.77. The zero-order valence-corrected chi connectivity index (χ0v) is 18.5. The Hall–Kier alpha value is -3.45. The van der Waals surface area contributed by atoms with E-state index in [1.165, 1.54) is 10.6 Å². The first kappa shape index (κ1) is 23.2. The van der Waals surface area contributed by atoms with Crippen molar-refractivity contribution in [2.45, 2.75) is 13.3 Å². The predicted octanol–water partition coefficient (Wildman–Crippen LogP) is 3.04. The molecule has 1 N–H and O–H groups in total. The molecule has 3 aromatic rings. The second-order valence-electron chi connectivity index (χ2n) is 6.88. The molecule has 0 aliphatic rings. The molecule has 0 fully saturated rings. The SMILES string of the molecule is CCOc1cc(=O)n(C)cc1-c1cc(CCNS(=O)[O-])ccc1Oc1ccc(C#N)cc1. The number of aryl methyl sites for hydroxylation is 1. The summed E-state index contributed by atoms with van der Waals surface area (Å²) < 4.78 is 37.2. The first-order valence-corrected chi connectivity index (χ1v) is 11.0. The third kappa shape index (κ3) is 5.82. The number of ether oxygens (including phenoxy) is 2. The van der Waals surface area contributed by atoms with Crippen LogP contribution in [0.5, 0.6) is 17.2 Å². The number of hydrogen-bond acceptors (Lipinski definition) is 6. The van der Waals surface area contributed by atoms with Gasteiger partial charge in [0.15, 0.2) is 0 Å². The average Bonchev–Trinajstić information content (AvgIpc) is 2.77. The van der Waals surface area contributed by atoms with Crippen molar-refractivity contribution in [3.8, 4) is 34.4 Å². The van der Waals surface area contributed by atoms with Crippen LogP contribution < -0.4 is 19.8 Å². The van der Waals surface area contributed by atoms with E-state index in [0.29, 0.717) is 47.0 Å². The highest BCUT2D eigenvalue weighted by Gasteiger charge is 2.16. The van der Waals surface area contributed by atoms with Crippen molar-refractivity contribution in [2.24, 2.45) is 7.05 Å². The molecule has 1 atom stereocenters. The lowest BCUT2D eigenvalue weighted by Gasteiger charge is -2.17. The first-order chi connectivity index (χ1) is 15.4. The van der Waals surface area contributed by atoms with Crippen molar-refractivity contribution in [1.82, 2.24) is 9.29 Å². The summed E-state index contributed by atoms with van der Waals surface area (Å²) in [5.41, 5.74) is 2.55. The van der Waals surface area contributed by atoms with Gasteiger partial charge in [-0.25, -0.2) is 4.72 Å². The van der Waals surface area contributed by atoms with Crippen LogP contribution in [0.2, 0.25) is 0 Å². The molecule has 2 aromatic carbocycles. The fourth-order valence-electron chi connectivity index (χ4n) is 3.13. The Bertz CT molecular complexity index is 1220. The molecule has 1 aromatic heterocycles. The van der Waals surface area contributed by atoms with Crippen LogP contribution in [0, 0.1) is 11.3 Å². The van der Waals surface area contributed by atoms with E-state index in [2.05, 4.69) is 10.8 Å². The molecular weight excluding hydrogens is 430 g/mol. The van der Waals surface area contributed by atoms with Crippen LogP contribution in [-0.2, 0) is 24.7 Å². The molecule has 1 unspecified atom stereocenters. The summed E-state index contributed by atoms with van der Waals surface area (Å²) in [6.45, 7) is 2.46. The quantitative estimate of drug-likeness (QED) is 0.499. The van der Waals surface area contributed by atoms with Gasteiger partial charge in [0.25, 0.3) is 5.56 Å². The summed E-state index contributed by atoms with van der Waals surface area (Å²) in [5, 5.41) is 9.00. The smallest absolute Gasteiger partial charge is 0.254 e. The maximum absolute atomic E-state index is 12.2. The molecule has 0 spiro atoms. The maximum Gasteiger partial charge on any atom is 0.254 e. The molecule has 32 heavy (non-hydrogen) atoms. The van der Waals surface area contributed by atoms with E-state index in [1.807, 2.05) is 19.1 Å². The highest BCUT2D eigenvalue weighted by Crippen LogP contribution is 2.38. The van der Waals surface area contributed by atoms with Crippen LogP contribution in [-0.4, -0.2) is 26.5 Å². The van der Waals surface area contributed by atoms with Gasteiger partial charge in [0.1, 0.15) is 17.2 Å². The molecule has 0 radical (unpaired) electrons. The molecule has 0 saturated heterocycles. The van der Waals surface area contributed by atoms with E-state index < -0.39 is 11.3 Å². The van der Waals surface area contributed by atoms with Crippen LogP contribution in [0.1, 0.15) is 18.1 Å². The topological polar surface area (TPSA) is 116 Å². The van der Waals surface area contributed by atoms with E-state index in [0.717, 1.165) is 5.56 Å². The molecule has 1 heterocycles. The Morgan fingerprint density at radius 1 is 1.12 bits per heavy atom. The van der Waals surface area contributed by atoms with Crippen LogP contribution >= 0.6 is 0 Å². The third-order valence-electron chi connectivity index (χ3n) is 4.67. The molecule has 3 rings (SSSR count). The van der Waals surface area contributed by atoms with Gasteiger partial charge in [-0.2, -0.15) is 5.26 Å². The van der Waals surface area contributed by atoms with Gasteiger partial charge in [0, 0.05) is 48.2 Å². The fourth-order valence-corrected chi connectivity index (χ4v) is 3.39. The number of aromatic nitrogens is 1. The Labute approximate surface area is 188 Å². The van der Waals surface area contributed by atoms with Gasteiger partial charge in [-0.1, -0.05) is 6.07 Å². The second-order valence-corrected chi connectivity index (χ2v) is 7.64. The number of hydrogen-bond donors (Lipinski definition) is 1. The first-order valence-electron chi connectivity index (χ1n) is 9.88. The van der Waals surface area contributed by atoms with Gasteiger partial charge in [-0.15, -0.1) is 0 Å². The standard InChI is InChI=1S/C23H23N3O5S/c1-3-30-22-13-23(27)26(2)15-20(22)19-12-16(10-11-25-32(28)29)6-9-21(19)31-18-7-4-17(14-24)5-8-18/h4-9,12-13,15,25H,3,10-11H2,1-2H3,(H,28,29)/p-1. The lowest BCUT2D eigenvalue weighted by atomic mass is 10.0. The molecular formula is C23H22N3O5S-. The third-order valence-corrected chi connectivity index (χ3v) is 5.11. The predicted molar refractivity (Wildman–Crippen MR) is 120 cm³/mol. The average molecular weight is 453 g/mol. The summed E-state index contributed by atoms with van der Waals surface area (Å²) in [6, 6.07) is 15.8. The van der Waals surface area contributed by atoms with Crippen LogP contribution in [0.25, 0.3) is 11.1 Å². The maximum atomic E-state index is 12.2. The van der Waals surface area contributed by atoms with Gasteiger partial charge >= 0.3 is 0 Å². The van der Waals surface area contributed by atoms with Crippen molar-refractivity contribution < 1.29 is 18.2 Å². The Kier molecular flexibility index (Phi) is 7.78. The minimum Gasteiger partial charge on any atom is -0.760 e. The van der Waals surface area contributed by atoms with Crippen LogP contribution in [0.3, 0.4) is 0 Å². The van der Waals surface area contributed by atoms with E-state index in [9.17, 15) is 13.6 Å². The normalized spacial score (nSPS) is 11.6. The molecule has 0 aliphatic heterocycles. The van der Waals surface area contributed by atoms with Crippen molar-refractivity contribution in [3.63, 3.8) is 0 Å². The van der Waals surface area contributed by atoms with Gasteiger partial charge < -0.3 is 18.6 Å². The summed E-state index contributed by atoms with van der Waals surface area (Å²) >= 11 is -2.33. The Balaban J connectivity index is 2.07. The van der Waals surface area contributed by atoms with E-state index in [4.69, 9.17) is 14.7 Å². The molecule has 0 bridgehead atoms. The van der Waals surface area contributed by atoms with Crippen molar-refractivity contribution in [1.29, 1.82) is 5.26 Å². The van der Waals surface area contributed by atoms with Gasteiger partial charge in [-0.05, 0) is 55.3 Å². The zero-order valence-electron chi connectivity index (χ0n) is 17.7. The number of nitrogens with one attached hydrogen (secondary N) is 1. The summed E-state index contributed by atoms with van der Waals surface area (Å²) in [5.74, 6) is 1.50. The number of nitriles is 1. The lowest BCUT2D eigenvalue weighted by molar-refractivity contribution is 0.340. The number of pyridine rings is 1. The molecule has 0 saturated carbocycles. The molecule has 166 valence electrons. The van der Waals surface area contributed by atoms with Gasteiger partial charge in [-0.3, -0.25) is 9.00 Å². The van der Waals surface area contributed by atoms with Gasteiger partial charge in [0.05, 0.1) is 18.2 Å². The Morgan fingerprint density at radius 3 is 2.53 bits per heavy atom. The van der Waals surface area contributed by atoms with Crippen LogP contribution in [0.4, 0.5) is 0 Å². The summed E-state index contributed by atoms with van der Waals surface area (Å²) in [7, 11) is 1.65. The van der Waals surface area contributed by atoms with E-state index in [1.54, 1.807) is 43.6 Å².